The van der Waals surface area contributed by atoms with E-state index in [1.54, 1.807) is 24.3 Å². The molecule has 1 aromatic heterocycles. The van der Waals surface area contributed by atoms with E-state index >= 15 is 0 Å². The first-order chi connectivity index (χ1) is 21.4. The first-order valence-electron chi connectivity index (χ1n) is 15.5. The lowest BCUT2D eigenvalue weighted by Gasteiger charge is -2.21. The smallest absolute Gasteiger partial charge is 0.341 e. The lowest BCUT2D eigenvalue weighted by Crippen LogP contribution is -2.21. The molecule has 1 aliphatic rings. The fourth-order valence-corrected chi connectivity index (χ4v) is 6.44. The minimum Gasteiger partial charge on any atom is -0.341 e. The third-order valence-electron chi connectivity index (χ3n) is 8.81. The molecule has 4 aromatic carbocycles. The van der Waals surface area contributed by atoms with E-state index in [1.165, 1.54) is 6.42 Å². The Morgan fingerprint density at radius 2 is 1.41 bits per heavy atom. The Balaban J connectivity index is 1.39. The van der Waals surface area contributed by atoms with Crippen LogP contribution in [0.5, 0.6) is 0 Å². The van der Waals surface area contributed by atoms with Crippen molar-refractivity contribution in [2.75, 3.05) is 0 Å². The first kappa shape index (κ1) is 29.2. The van der Waals surface area contributed by atoms with Crippen LogP contribution in [-0.4, -0.2) is 27.8 Å². The predicted molar refractivity (Wildman–Crippen MR) is 175 cm³/mol. The van der Waals surface area contributed by atoms with Crippen LogP contribution in [0.15, 0.2) is 96.2 Å². The topological polar surface area (TPSA) is 77.7 Å². The van der Waals surface area contributed by atoms with Crippen LogP contribution >= 0.6 is 0 Å². The Labute approximate surface area is 257 Å². The molecule has 6 nitrogen and oxygen atoms in total. The Bertz CT molecular complexity index is 1890. The summed E-state index contributed by atoms with van der Waals surface area (Å²) in [6.07, 6.45) is 5.97. The van der Waals surface area contributed by atoms with Gasteiger partial charge in [-0.25, -0.2) is 4.79 Å². The summed E-state index contributed by atoms with van der Waals surface area (Å²) in [6, 6.07) is 27.8. The van der Waals surface area contributed by atoms with Gasteiger partial charge in [0.1, 0.15) is 5.71 Å². The van der Waals surface area contributed by atoms with Crippen LogP contribution in [0.1, 0.15) is 87.6 Å². The van der Waals surface area contributed by atoms with Crippen molar-refractivity contribution in [3.05, 3.63) is 119 Å². The number of aryl methyl sites for hydroxylation is 2. The molecule has 0 amide bonds. The highest BCUT2D eigenvalue weighted by Gasteiger charge is 2.24. The number of hydrogen-bond acceptors (Lipinski definition) is 5. The van der Waals surface area contributed by atoms with Gasteiger partial charge >= 0.3 is 5.97 Å². The van der Waals surface area contributed by atoms with E-state index in [1.807, 2.05) is 73.7 Å². The molecule has 5 aromatic rings. The van der Waals surface area contributed by atoms with Gasteiger partial charge in [0.2, 0.25) is 5.78 Å². The Morgan fingerprint density at radius 3 is 2.09 bits per heavy atom. The van der Waals surface area contributed by atoms with Crippen molar-refractivity contribution in [2.45, 2.75) is 58.9 Å². The van der Waals surface area contributed by atoms with Crippen molar-refractivity contribution in [1.29, 1.82) is 0 Å². The molecule has 0 bridgehead atoms. The zero-order chi connectivity index (χ0) is 30.6. The van der Waals surface area contributed by atoms with Crippen LogP contribution < -0.4 is 0 Å². The highest BCUT2D eigenvalue weighted by Crippen LogP contribution is 2.33. The Morgan fingerprint density at radius 1 is 0.773 bits per heavy atom. The highest BCUT2D eigenvalue weighted by atomic mass is 16.7. The summed E-state index contributed by atoms with van der Waals surface area (Å²) in [5, 5.41) is 5.99. The van der Waals surface area contributed by atoms with Crippen molar-refractivity contribution in [1.82, 2.24) is 4.57 Å². The summed E-state index contributed by atoms with van der Waals surface area (Å²) >= 11 is 0. The van der Waals surface area contributed by atoms with E-state index in [9.17, 15) is 14.4 Å². The maximum Gasteiger partial charge on any atom is 0.365 e. The van der Waals surface area contributed by atoms with Gasteiger partial charge in [-0.1, -0.05) is 79.7 Å². The number of fused-ring (bicyclic) bond motifs is 3. The first-order valence-corrected chi connectivity index (χ1v) is 15.5. The van der Waals surface area contributed by atoms with Crippen molar-refractivity contribution >= 4 is 45.1 Å². The molecule has 6 rings (SSSR count). The van der Waals surface area contributed by atoms with Crippen LogP contribution in [0.3, 0.4) is 0 Å². The van der Waals surface area contributed by atoms with Gasteiger partial charge in [-0.15, -0.1) is 0 Å². The number of rotatable bonds is 9. The molecule has 0 spiro atoms. The number of nitrogens with zero attached hydrogens (tertiary/aromatic N) is 2. The molecule has 0 N–H and O–H groups in total. The average molecular weight is 585 g/mol. The van der Waals surface area contributed by atoms with E-state index in [2.05, 4.69) is 16.6 Å². The van der Waals surface area contributed by atoms with E-state index in [0.29, 0.717) is 34.6 Å². The standard InChI is InChI=1S/C38H36N2O4/c1-3-40-34-20-18-28(36(41)30-17-11-10-12-25(30)2)23-31(34)32-24-29(19-21-35(32)40)37(42)33(22-26-13-6-4-7-14-26)39-44-38(43)27-15-8-5-9-16-27/h5,8-12,15-21,23-24,26H,3-4,6-7,13-14,22H2,1-2H3/b39-33+. The SMILES string of the molecule is CCn1c2ccc(C(=O)/C(CC3CCCCC3)=N/OC(=O)c3ccccc3)cc2c2cc(C(=O)c3ccccc3C)ccc21. The fourth-order valence-electron chi connectivity index (χ4n) is 6.44. The average Bonchev–Trinajstić information content (AvgIpc) is 3.39. The van der Waals surface area contributed by atoms with Crippen LogP contribution in [0.25, 0.3) is 21.8 Å². The van der Waals surface area contributed by atoms with Gasteiger partial charge in [0.05, 0.1) is 5.56 Å². The molecule has 222 valence electrons. The largest absolute Gasteiger partial charge is 0.365 e. The molecule has 6 heteroatoms. The molecule has 0 unspecified atom stereocenters. The highest BCUT2D eigenvalue weighted by molar-refractivity contribution is 6.46. The van der Waals surface area contributed by atoms with Crippen LogP contribution in [0.2, 0.25) is 0 Å². The lowest BCUT2D eigenvalue weighted by atomic mass is 9.84. The maximum absolute atomic E-state index is 14.0. The molecular weight excluding hydrogens is 548 g/mol. The fraction of sp³-hybridized carbons (Fsp3) is 0.263. The van der Waals surface area contributed by atoms with E-state index in [4.69, 9.17) is 4.84 Å². The van der Waals surface area contributed by atoms with Crippen LogP contribution in [0, 0.1) is 12.8 Å². The molecule has 44 heavy (non-hydrogen) atoms. The quantitative estimate of drug-likeness (QED) is 0.0751. The van der Waals surface area contributed by atoms with Crippen LogP contribution in [0.4, 0.5) is 0 Å². The van der Waals surface area contributed by atoms with Gasteiger partial charge in [0.15, 0.2) is 5.78 Å². The van der Waals surface area contributed by atoms with E-state index < -0.39 is 5.97 Å². The van der Waals surface area contributed by atoms with Gasteiger partial charge in [-0.05, 0) is 80.3 Å². The summed E-state index contributed by atoms with van der Waals surface area (Å²) < 4.78 is 2.19. The van der Waals surface area contributed by atoms with Crippen LogP contribution in [-0.2, 0) is 11.4 Å². The lowest BCUT2D eigenvalue weighted by molar-refractivity contribution is 0.0513. The normalized spacial score (nSPS) is 14.2. The molecule has 1 aliphatic carbocycles. The second kappa shape index (κ2) is 12.8. The Kier molecular flexibility index (Phi) is 8.51. The summed E-state index contributed by atoms with van der Waals surface area (Å²) in [4.78, 5) is 45.6. The predicted octanol–water partition coefficient (Wildman–Crippen LogP) is 8.72. The third-order valence-corrected chi connectivity index (χ3v) is 8.81. The monoisotopic (exact) mass is 584 g/mol. The summed E-state index contributed by atoms with van der Waals surface area (Å²) in [5.41, 5.74) is 5.32. The summed E-state index contributed by atoms with van der Waals surface area (Å²) in [7, 11) is 0. The number of benzene rings is 4. The van der Waals surface area contributed by atoms with Gasteiger partial charge in [0.25, 0.3) is 0 Å². The van der Waals surface area contributed by atoms with Crippen molar-refractivity contribution in [3.8, 4) is 0 Å². The number of carbonyl (C=O) groups is 3. The number of ketones is 2. The van der Waals surface area contributed by atoms with Gasteiger partial charge in [-0.2, -0.15) is 0 Å². The second-order valence-corrected chi connectivity index (χ2v) is 11.7. The van der Waals surface area contributed by atoms with Crippen molar-refractivity contribution < 1.29 is 19.2 Å². The van der Waals surface area contributed by atoms with E-state index in [-0.39, 0.29) is 17.3 Å². The minimum absolute atomic E-state index is 0.0308. The van der Waals surface area contributed by atoms with Crippen molar-refractivity contribution in [2.24, 2.45) is 11.1 Å². The van der Waals surface area contributed by atoms with E-state index in [0.717, 1.165) is 59.6 Å². The molecule has 1 saturated carbocycles. The molecule has 1 fully saturated rings. The molecule has 0 saturated heterocycles. The third kappa shape index (κ3) is 5.85. The van der Waals surface area contributed by atoms with Gasteiger partial charge in [0, 0.05) is 45.0 Å². The zero-order valence-electron chi connectivity index (χ0n) is 25.2. The number of hydrogen-bond donors (Lipinski definition) is 0. The Hall–Kier alpha value is -4.84. The van der Waals surface area contributed by atoms with Gasteiger partial charge < -0.3 is 9.40 Å². The number of oxime groups is 1. The summed E-state index contributed by atoms with van der Waals surface area (Å²) in [6.45, 7) is 4.76. The molecule has 0 radical (unpaired) electrons. The molecule has 1 heterocycles. The van der Waals surface area contributed by atoms with Crippen molar-refractivity contribution in [3.63, 3.8) is 0 Å². The molecule has 0 aliphatic heterocycles. The number of carbonyl (C=O) groups excluding carboxylic acids is 3. The zero-order valence-corrected chi connectivity index (χ0v) is 25.2. The maximum atomic E-state index is 14.0. The second-order valence-electron chi connectivity index (χ2n) is 11.7. The number of aromatic nitrogens is 1. The molecular formula is C38H36N2O4. The summed E-state index contributed by atoms with van der Waals surface area (Å²) in [5.74, 6) is -0.547. The van der Waals surface area contributed by atoms with Gasteiger partial charge in [-0.3, -0.25) is 9.59 Å². The number of Topliss-reactive ketones (excluding diaryl/α,β-unsaturated/α-hetero) is 1. The minimum atomic E-state index is -0.591. The molecule has 0 atom stereocenters.